The molecule has 100 valence electrons. The van der Waals surface area contributed by atoms with Crippen molar-refractivity contribution in [3.8, 4) is 0 Å². The van der Waals surface area contributed by atoms with E-state index in [0.29, 0.717) is 12.1 Å². The molecular weight excluding hydrogens is 224 g/mol. The minimum Gasteiger partial charge on any atom is -0.357 e. The Bertz CT molecular complexity index is 374. The molecule has 0 aromatic carbocycles. The first kappa shape index (κ1) is 13.3. The zero-order valence-corrected chi connectivity index (χ0v) is 11.6. The molecule has 4 heteroatoms. The second-order valence-corrected chi connectivity index (χ2v) is 5.51. The molecule has 0 aliphatic carbocycles. The van der Waals surface area contributed by atoms with Gasteiger partial charge >= 0.3 is 0 Å². The lowest BCUT2D eigenvalue weighted by molar-refractivity contribution is 0.326. The predicted molar refractivity (Wildman–Crippen MR) is 75.6 cm³/mol. The Morgan fingerprint density at radius 3 is 2.78 bits per heavy atom. The van der Waals surface area contributed by atoms with Crippen molar-refractivity contribution in [2.24, 2.45) is 5.73 Å². The Kier molecular flexibility index (Phi) is 4.19. The number of nitrogens with zero attached hydrogens (tertiary/aromatic N) is 3. The zero-order chi connectivity index (χ0) is 13.1. The van der Waals surface area contributed by atoms with Gasteiger partial charge < -0.3 is 10.6 Å². The number of pyridine rings is 1. The van der Waals surface area contributed by atoms with Crippen molar-refractivity contribution in [2.75, 3.05) is 25.0 Å². The van der Waals surface area contributed by atoms with Crippen LogP contribution in [-0.2, 0) is 6.54 Å². The highest BCUT2D eigenvalue weighted by molar-refractivity contribution is 5.39. The van der Waals surface area contributed by atoms with E-state index in [0.717, 1.165) is 31.9 Å². The fourth-order valence-corrected chi connectivity index (χ4v) is 2.25. The molecule has 4 nitrogen and oxygen atoms in total. The first-order chi connectivity index (χ1) is 8.56. The zero-order valence-electron chi connectivity index (χ0n) is 11.6. The topological polar surface area (TPSA) is 45.4 Å². The van der Waals surface area contributed by atoms with Gasteiger partial charge in [0.15, 0.2) is 0 Å². The number of hydrogen-bond acceptors (Lipinski definition) is 4. The van der Waals surface area contributed by atoms with Crippen LogP contribution in [0, 0.1) is 0 Å². The van der Waals surface area contributed by atoms with Gasteiger partial charge in [-0.1, -0.05) is 6.07 Å². The SMILES string of the molecule is CC(C)N(C)c1ccc(CN2CC[C@H](N)C2)cn1. The molecular formula is C14H24N4. The van der Waals surface area contributed by atoms with Gasteiger partial charge in [0.2, 0.25) is 0 Å². The highest BCUT2D eigenvalue weighted by atomic mass is 15.2. The molecule has 1 atom stereocenters. The Balaban J connectivity index is 1.95. The molecule has 0 unspecified atom stereocenters. The molecule has 1 aliphatic rings. The highest BCUT2D eigenvalue weighted by Gasteiger charge is 2.18. The first-order valence-corrected chi connectivity index (χ1v) is 6.72. The van der Waals surface area contributed by atoms with Gasteiger partial charge in [-0.2, -0.15) is 0 Å². The van der Waals surface area contributed by atoms with Crippen molar-refractivity contribution in [3.05, 3.63) is 23.9 Å². The van der Waals surface area contributed by atoms with E-state index in [1.54, 1.807) is 0 Å². The average molecular weight is 248 g/mol. The fraction of sp³-hybridized carbons (Fsp3) is 0.643. The van der Waals surface area contributed by atoms with Crippen LogP contribution < -0.4 is 10.6 Å². The third kappa shape index (κ3) is 3.21. The van der Waals surface area contributed by atoms with Crippen molar-refractivity contribution in [3.63, 3.8) is 0 Å². The highest BCUT2D eigenvalue weighted by Crippen LogP contribution is 2.15. The summed E-state index contributed by atoms with van der Waals surface area (Å²) in [4.78, 5) is 9.10. The second-order valence-electron chi connectivity index (χ2n) is 5.51. The Labute approximate surface area is 110 Å². The Hall–Kier alpha value is -1.13. The van der Waals surface area contributed by atoms with Gasteiger partial charge in [0.1, 0.15) is 5.82 Å². The minimum absolute atomic E-state index is 0.351. The molecule has 0 spiro atoms. The smallest absolute Gasteiger partial charge is 0.128 e. The van der Waals surface area contributed by atoms with E-state index in [9.17, 15) is 0 Å². The van der Waals surface area contributed by atoms with Gasteiger partial charge in [-0.25, -0.2) is 4.98 Å². The van der Waals surface area contributed by atoms with Crippen LogP contribution in [-0.4, -0.2) is 42.1 Å². The average Bonchev–Trinajstić information content (AvgIpc) is 2.75. The van der Waals surface area contributed by atoms with Crippen LogP contribution in [0.15, 0.2) is 18.3 Å². The van der Waals surface area contributed by atoms with Gasteiger partial charge in [-0.15, -0.1) is 0 Å². The van der Waals surface area contributed by atoms with Gasteiger partial charge in [-0.05, 0) is 31.9 Å². The minimum atomic E-state index is 0.351. The molecule has 18 heavy (non-hydrogen) atoms. The van der Waals surface area contributed by atoms with Crippen LogP contribution in [0.5, 0.6) is 0 Å². The van der Waals surface area contributed by atoms with Crippen molar-refractivity contribution in [2.45, 2.75) is 38.9 Å². The van der Waals surface area contributed by atoms with Crippen LogP contribution in [0.2, 0.25) is 0 Å². The molecule has 0 amide bonds. The van der Waals surface area contributed by atoms with Crippen LogP contribution in [0.4, 0.5) is 5.82 Å². The molecule has 0 bridgehead atoms. The van der Waals surface area contributed by atoms with E-state index < -0.39 is 0 Å². The largest absolute Gasteiger partial charge is 0.357 e. The first-order valence-electron chi connectivity index (χ1n) is 6.72. The maximum absolute atomic E-state index is 5.91. The molecule has 0 saturated carbocycles. The standard InChI is InChI=1S/C14H24N4/c1-11(2)17(3)14-5-4-12(8-16-14)9-18-7-6-13(15)10-18/h4-5,8,11,13H,6-7,9-10,15H2,1-3H3/t13-/m0/s1. The molecule has 0 radical (unpaired) electrons. The third-order valence-electron chi connectivity index (χ3n) is 3.66. The van der Waals surface area contributed by atoms with Gasteiger partial charge in [0.25, 0.3) is 0 Å². The lowest BCUT2D eigenvalue weighted by Gasteiger charge is -2.23. The number of likely N-dealkylation sites (tertiary alicyclic amines) is 1. The predicted octanol–water partition coefficient (Wildman–Crippen LogP) is 1.46. The van der Waals surface area contributed by atoms with Gasteiger partial charge in [0, 0.05) is 45.0 Å². The molecule has 1 aromatic heterocycles. The number of anilines is 1. The quantitative estimate of drug-likeness (QED) is 0.876. The summed E-state index contributed by atoms with van der Waals surface area (Å²) in [6.07, 6.45) is 3.10. The molecule has 2 rings (SSSR count). The van der Waals surface area contributed by atoms with Crippen molar-refractivity contribution in [1.29, 1.82) is 0 Å². The molecule has 1 aliphatic heterocycles. The van der Waals surface area contributed by atoms with E-state index in [-0.39, 0.29) is 0 Å². The summed E-state index contributed by atoms with van der Waals surface area (Å²) in [5, 5.41) is 0. The monoisotopic (exact) mass is 248 g/mol. The van der Waals surface area contributed by atoms with Crippen LogP contribution in [0.25, 0.3) is 0 Å². The third-order valence-corrected chi connectivity index (χ3v) is 3.66. The van der Waals surface area contributed by atoms with Crippen LogP contribution in [0.1, 0.15) is 25.8 Å². The number of nitrogens with two attached hydrogens (primary N) is 1. The van der Waals surface area contributed by atoms with Gasteiger partial charge in [-0.3, -0.25) is 4.90 Å². The van der Waals surface area contributed by atoms with Crippen molar-refractivity contribution >= 4 is 5.82 Å². The lowest BCUT2D eigenvalue weighted by atomic mass is 10.2. The lowest BCUT2D eigenvalue weighted by Crippen LogP contribution is -2.27. The fourth-order valence-electron chi connectivity index (χ4n) is 2.25. The summed E-state index contributed by atoms with van der Waals surface area (Å²) in [7, 11) is 2.08. The number of aromatic nitrogens is 1. The van der Waals surface area contributed by atoms with Crippen molar-refractivity contribution < 1.29 is 0 Å². The summed E-state index contributed by atoms with van der Waals surface area (Å²) in [6.45, 7) is 7.41. The maximum Gasteiger partial charge on any atom is 0.128 e. The Morgan fingerprint density at radius 2 is 2.28 bits per heavy atom. The maximum atomic E-state index is 5.91. The summed E-state index contributed by atoms with van der Waals surface area (Å²) < 4.78 is 0. The Morgan fingerprint density at radius 1 is 1.50 bits per heavy atom. The van der Waals surface area contributed by atoms with Crippen LogP contribution in [0.3, 0.4) is 0 Å². The summed E-state index contributed by atoms with van der Waals surface area (Å²) >= 11 is 0. The molecule has 2 N–H and O–H groups in total. The van der Waals surface area contributed by atoms with E-state index >= 15 is 0 Å². The summed E-state index contributed by atoms with van der Waals surface area (Å²) in [6, 6.07) is 5.10. The van der Waals surface area contributed by atoms with E-state index in [1.807, 2.05) is 6.20 Å². The van der Waals surface area contributed by atoms with E-state index in [4.69, 9.17) is 5.73 Å². The summed E-state index contributed by atoms with van der Waals surface area (Å²) in [5.41, 5.74) is 7.18. The van der Waals surface area contributed by atoms with E-state index in [2.05, 4.69) is 47.8 Å². The van der Waals surface area contributed by atoms with Crippen molar-refractivity contribution in [1.82, 2.24) is 9.88 Å². The number of hydrogen-bond donors (Lipinski definition) is 1. The molecule has 1 fully saturated rings. The molecule has 2 heterocycles. The van der Waals surface area contributed by atoms with E-state index in [1.165, 1.54) is 5.56 Å². The molecule has 1 saturated heterocycles. The normalized spacial score (nSPS) is 20.6. The van der Waals surface area contributed by atoms with Crippen LogP contribution >= 0.6 is 0 Å². The second kappa shape index (κ2) is 5.67. The summed E-state index contributed by atoms with van der Waals surface area (Å²) in [5.74, 6) is 1.03. The number of rotatable bonds is 4. The van der Waals surface area contributed by atoms with Gasteiger partial charge in [0.05, 0.1) is 0 Å². The molecule has 1 aromatic rings.